The van der Waals surface area contributed by atoms with Crippen LogP contribution in [0.3, 0.4) is 0 Å². The zero-order valence-corrected chi connectivity index (χ0v) is 18.0. The number of fused-ring (bicyclic) bond motifs is 1. The number of nitrogens with one attached hydrogen (secondary N) is 3. The first-order valence-electron chi connectivity index (χ1n) is 9.46. The van der Waals surface area contributed by atoms with E-state index in [1.165, 1.54) is 11.3 Å². The predicted molar refractivity (Wildman–Crippen MR) is 115 cm³/mol. The number of amides is 2. The molecular weight excluding hydrogens is 390 g/mol. The van der Waals surface area contributed by atoms with Gasteiger partial charge in [0.25, 0.3) is 0 Å². The van der Waals surface area contributed by atoms with Crippen molar-refractivity contribution >= 4 is 45.5 Å². The second kappa shape index (κ2) is 8.24. The van der Waals surface area contributed by atoms with Crippen molar-refractivity contribution in [2.24, 2.45) is 0 Å². The Kier molecular flexibility index (Phi) is 5.93. The maximum absolute atomic E-state index is 12.6. The van der Waals surface area contributed by atoms with E-state index in [0.717, 1.165) is 27.3 Å². The predicted octanol–water partition coefficient (Wildman–Crippen LogP) is 3.92. The Morgan fingerprint density at radius 2 is 1.79 bits per heavy atom. The third-order valence-electron chi connectivity index (χ3n) is 5.05. The number of anilines is 3. The number of thiophene rings is 1. The summed E-state index contributed by atoms with van der Waals surface area (Å²) < 4.78 is 5.11. The number of hydrogen-bond acceptors (Lipinski definition) is 6. The molecule has 0 saturated carbocycles. The van der Waals surface area contributed by atoms with E-state index in [-0.39, 0.29) is 24.8 Å². The van der Waals surface area contributed by atoms with Crippen LogP contribution in [0.15, 0.2) is 12.1 Å². The SMILES string of the molecule is CCOC(=O)c1c(NC(=O)C[C@@H]2Nc3cc(C)c(C)cc3NC2=O)sc(C)c1C. The summed E-state index contributed by atoms with van der Waals surface area (Å²) in [7, 11) is 0. The molecule has 0 aliphatic carbocycles. The molecule has 2 heterocycles. The molecule has 0 radical (unpaired) electrons. The lowest BCUT2D eigenvalue weighted by Crippen LogP contribution is -2.41. The van der Waals surface area contributed by atoms with E-state index in [0.29, 0.717) is 16.3 Å². The van der Waals surface area contributed by atoms with Crippen LogP contribution in [0.2, 0.25) is 0 Å². The highest BCUT2D eigenvalue weighted by Crippen LogP contribution is 2.34. The second-order valence-electron chi connectivity index (χ2n) is 7.13. The summed E-state index contributed by atoms with van der Waals surface area (Å²) in [6.45, 7) is 9.67. The van der Waals surface area contributed by atoms with Gasteiger partial charge in [0.15, 0.2) is 0 Å². The molecule has 7 nitrogen and oxygen atoms in total. The number of aryl methyl sites for hydroxylation is 3. The number of benzene rings is 1. The van der Waals surface area contributed by atoms with Crippen LogP contribution in [0.1, 0.15) is 45.3 Å². The number of esters is 1. The zero-order chi connectivity index (χ0) is 21.3. The topological polar surface area (TPSA) is 96.5 Å². The largest absolute Gasteiger partial charge is 0.462 e. The quantitative estimate of drug-likeness (QED) is 0.643. The number of carbonyl (C=O) groups excluding carboxylic acids is 3. The molecule has 2 amide bonds. The van der Waals surface area contributed by atoms with Gasteiger partial charge in [0, 0.05) is 4.88 Å². The Morgan fingerprint density at radius 3 is 2.45 bits per heavy atom. The molecule has 0 saturated heterocycles. The molecule has 0 fully saturated rings. The highest BCUT2D eigenvalue weighted by atomic mass is 32.1. The number of hydrogen-bond donors (Lipinski definition) is 3. The molecule has 3 N–H and O–H groups in total. The summed E-state index contributed by atoms with van der Waals surface area (Å²) in [4.78, 5) is 38.3. The number of rotatable bonds is 5. The Morgan fingerprint density at radius 1 is 1.14 bits per heavy atom. The molecule has 1 atom stereocenters. The maximum atomic E-state index is 12.6. The van der Waals surface area contributed by atoms with Crippen LogP contribution >= 0.6 is 11.3 Å². The van der Waals surface area contributed by atoms with Crippen molar-refractivity contribution in [3.63, 3.8) is 0 Å². The Bertz CT molecular complexity index is 996. The van der Waals surface area contributed by atoms with E-state index in [4.69, 9.17) is 4.74 Å². The van der Waals surface area contributed by atoms with Gasteiger partial charge in [-0.1, -0.05) is 0 Å². The molecule has 154 valence electrons. The van der Waals surface area contributed by atoms with Crippen molar-refractivity contribution in [1.29, 1.82) is 0 Å². The van der Waals surface area contributed by atoms with Crippen LogP contribution < -0.4 is 16.0 Å². The maximum Gasteiger partial charge on any atom is 0.341 e. The van der Waals surface area contributed by atoms with Crippen molar-refractivity contribution in [3.05, 3.63) is 39.3 Å². The first-order chi connectivity index (χ1) is 13.7. The summed E-state index contributed by atoms with van der Waals surface area (Å²) in [6, 6.07) is 3.17. The average Bonchev–Trinajstić information content (AvgIpc) is 2.91. The van der Waals surface area contributed by atoms with Gasteiger partial charge in [0.1, 0.15) is 11.0 Å². The molecule has 29 heavy (non-hydrogen) atoms. The van der Waals surface area contributed by atoms with Crippen LogP contribution in [0.25, 0.3) is 0 Å². The smallest absolute Gasteiger partial charge is 0.341 e. The third kappa shape index (κ3) is 4.27. The monoisotopic (exact) mass is 415 g/mol. The van der Waals surface area contributed by atoms with Crippen LogP contribution in [0, 0.1) is 27.7 Å². The molecular formula is C21H25N3O4S. The minimum atomic E-state index is -0.696. The van der Waals surface area contributed by atoms with E-state index < -0.39 is 12.0 Å². The van der Waals surface area contributed by atoms with Crippen molar-refractivity contribution in [1.82, 2.24) is 0 Å². The average molecular weight is 416 g/mol. The van der Waals surface area contributed by atoms with Crippen molar-refractivity contribution in [2.75, 3.05) is 22.6 Å². The fourth-order valence-electron chi connectivity index (χ4n) is 3.18. The fourth-order valence-corrected chi connectivity index (χ4v) is 4.25. The lowest BCUT2D eigenvalue weighted by molar-refractivity contribution is -0.122. The van der Waals surface area contributed by atoms with E-state index in [9.17, 15) is 14.4 Å². The Balaban J connectivity index is 1.75. The van der Waals surface area contributed by atoms with Gasteiger partial charge >= 0.3 is 5.97 Å². The first-order valence-corrected chi connectivity index (χ1v) is 10.3. The van der Waals surface area contributed by atoms with Crippen LogP contribution in [0.5, 0.6) is 0 Å². The minimum Gasteiger partial charge on any atom is -0.462 e. The number of carbonyl (C=O) groups is 3. The van der Waals surface area contributed by atoms with E-state index in [2.05, 4.69) is 16.0 Å². The van der Waals surface area contributed by atoms with Crippen molar-refractivity contribution < 1.29 is 19.1 Å². The van der Waals surface area contributed by atoms with Crippen LogP contribution in [-0.2, 0) is 14.3 Å². The van der Waals surface area contributed by atoms with Crippen LogP contribution in [-0.4, -0.2) is 30.4 Å². The van der Waals surface area contributed by atoms with Gasteiger partial charge in [-0.3, -0.25) is 9.59 Å². The van der Waals surface area contributed by atoms with Gasteiger partial charge in [-0.05, 0) is 63.4 Å². The molecule has 1 aromatic heterocycles. The highest BCUT2D eigenvalue weighted by Gasteiger charge is 2.29. The summed E-state index contributed by atoms with van der Waals surface area (Å²) >= 11 is 1.32. The first kappa shape index (κ1) is 20.9. The molecule has 8 heteroatoms. The summed E-state index contributed by atoms with van der Waals surface area (Å²) in [6.07, 6.45) is -0.0591. The third-order valence-corrected chi connectivity index (χ3v) is 6.17. The summed E-state index contributed by atoms with van der Waals surface area (Å²) in [5.74, 6) is -1.07. The lowest BCUT2D eigenvalue weighted by Gasteiger charge is -2.27. The molecule has 0 spiro atoms. The zero-order valence-electron chi connectivity index (χ0n) is 17.2. The second-order valence-corrected chi connectivity index (χ2v) is 8.35. The molecule has 0 unspecified atom stereocenters. The summed E-state index contributed by atoms with van der Waals surface area (Å²) in [5.41, 5.74) is 4.85. The molecule has 0 bridgehead atoms. The molecule has 1 aromatic carbocycles. The van der Waals surface area contributed by atoms with Gasteiger partial charge in [0.2, 0.25) is 11.8 Å². The summed E-state index contributed by atoms with van der Waals surface area (Å²) in [5, 5.41) is 9.23. The Hall–Kier alpha value is -2.87. The van der Waals surface area contributed by atoms with E-state index in [1.807, 2.05) is 39.8 Å². The normalized spacial score (nSPS) is 15.2. The Labute approximate surface area is 173 Å². The standard InChI is InChI=1S/C21H25N3O4S/c1-6-28-21(27)18-12(4)13(5)29-20(18)24-17(25)9-16-19(26)23-15-8-11(3)10(2)7-14(15)22-16/h7-8,16,22H,6,9H2,1-5H3,(H,23,26)(H,24,25)/t16-/m0/s1. The molecule has 1 aliphatic rings. The highest BCUT2D eigenvalue weighted by molar-refractivity contribution is 7.16. The van der Waals surface area contributed by atoms with Gasteiger partial charge in [-0.25, -0.2) is 4.79 Å². The van der Waals surface area contributed by atoms with Crippen molar-refractivity contribution in [3.8, 4) is 0 Å². The minimum absolute atomic E-state index is 0.0591. The van der Waals surface area contributed by atoms with E-state index >= 15 is 0 Å². The lowest BCUT2D eigenvalue weighted by atomic mass is 10.0. The van der Waals surface area contributed by atoms with Gasteiger partial charge < -0.3 is 20.7 Å². The molecule has 3 rings (SSSR count). The van der Waals surface area contributed by atoms with E-state index in [1.54, 1.807) is 6.92 Å². The fraction of sp³-hybridized carbons (Fsp3) is 0.381. The van der Waals surface area contributed by atoms with Gasteiger partial charge in [-0.2, -0.15) is 0 Å². The van der Waals surface area contributed by atoms with Gasteiger partial charge in [0.05, 0.1) is 30.0 Å². The molecule has 2 aromatic rings. The van der Waals surface area contributed by atoms with Crippen LogP contribution in [0.4, 0.5) is 16.4 Å². The van der Waals surface area contributed by atoms with Gasteiger partial charge in [-0.15, -0.1) is 11.3 Å². The van der Waals surface area contributed by atoms with Crippen molar-refractivity contribution in [2.45, 2.75) is 47.1 Å². The molecule has 1 aliphatic heterocycles. The number of ether oxygens (including phenoxy) is 1.